The Labute approximate surface area is 136 Å². The summed E-state index contributed by atoms with van der Waals surface area (Å²) in [6.45, 7) is 0. The second-order valence-electron chi connectivity index (χ2n) is 6.34. The van der Waals surface area contributed by atoms with Crippen molar-refractivity contribution in [3.63, 3.8) is 0 Å². The number of nitrogens with zero attached hydrogens (tertiary/aromatic N) is 1. The molecular weight excluding hydrogens is 331 g/mol. The molecule has 1 saturated carbocycles. The van der Waals surface area contributed by atoms with Crippen molar-refractivity contribution in [1.82, 2.24) is 10.2 Å². The van der Waals surface area contributed by atoms with Crippen molar-refractivity contribution >= 4 is 15.9 Å². The van der Waals surface area contributed by atoms with E-state index in [4.69, 9.17) is 0 Å². The molecule has 2 rings (SSSR count). The number of benzene rings is 1. The summed E-state index contributed by atoms with van der Waals surface area (Å²) < 4.78 is 14.5. The quantitative estimate of drug-likeness (QED) is 0.858. The maximum Gasteiger partial charge on any atom is 0.123 e. The Kier molecular flexibility index (Phi) is 5.81. The summed E-state index contributed by atoms with van der Waals surface area (Å²) in [5.74, 6) is -0.161. The van der Waals surface area contributed by atoms with Gasteiger partial charge in [-0.3, -0.25) is 0 Å². The van der Waals surface area contributed by atoms with E-state index in [1.807, 2.05) is 7.05 Å². The van der Waals surface area contributed by atoms with Gasteiger partial charge in [0.05, 0.1) is 0 Å². The molecule has 1 aliphatic carbocycles. The van der Waals surface area contributed by atoms with Crippen LogP contribution in [0.4, 0.5) is 4.39 Å². The number of nitrogens with one attached hydrogen (secondary N) is 1. The van der Waals surface area contributed by atoms with Gasteiger partial charge < -0.3 is 10.2 Å². The van der Waals surface area contributed by atoms with E-state index in [2.05, 4.69) is 40.2 Å². The first-order valence-electron chi connectivity index (χ1n) is 7.78. The Morgan fingerprint density at radius 3 is 2.52 bits per heavy atom. The monoisotopic (exact) mass is 356 g/mol. The highest BCUT2D eigenvalue weighted by molar-refractivity contribution is 9.10. The minimum Gasteiger partial charge on any atom is -0.315 e. The molecule has 4 heteroatoms. The van der Waals surface area contributed by atoms with Crippen LogP contribution in [0.1, 0.15) is 37.7 Å². The molecule has 118 valence electrons. The van der Waals surface area contributed by atoms with Crippen LogP contribution < -0.4 is 5.32 Å². The molecule has 1 fully saturated rings. The van der Waals surface area contributed by atoms with Crippen LogP contribution in [0.15, 0.2) is 22.7 Å². The van der Waals surface area contributed by atoms with Crippen LogP contribution in [-0.2, 0) is 6.42 Å². The fourth-order valence-electron chi connectivity index (χ4n) is 3.75. The summed E-state index contributed by atoms with van der Waals surface area (Å²) in [5, 5.41) is 3.50. The lowest BCUT2D eigenvalue weighted by Crippen LogP contribution is -2.60. The zero-order valence-corrected chi connectivity index (χ0v) is 14.8. The van der Waals surface area contributed by atoms with E-state index in [1.165, 1.54) is 38.2 Å². The summed E-state index contributed by atoms with van der Waals surface area (Å²) >= 11 is 3.56. The van der Waals surface area contributed by atoms with Gasteiger partial charge in [-0.25, -0.2) is 4.39 Å². The van der Waals surface area contributed by atoms with Gasteiger partial charge in [0.25, 0.3) is 0 Å². The third-order valence-corrected chi connectivity index (χ3v) is 5.81. The normalized spacial score (nSPS) is 19.7. The molecule has 0 aromatic heterocycles. The molecule has 1 atom stereocenters. The van der Waals surface area contributed by atoms with Gasteiger partial charge in [-0.1, -0.05) is 35.2 Å². The smallest absolute Gasteiger partial charge is 0.123 e. The van der Waals surface area contributed by atoms with E-state index in [9.17, 15) is 4.39 Å². The molecular formula is C17H26BrFN2. The molecule has 1 aromatic rings. The molecule has 1 unspecified atom stereocenters. The van der Waals surface area contributed by atoms with Crippen molar-refractivity contribution in [2.75, 3.05) is 21.1 Å². The van der Waals surface area contributed by atoms with Gasteiger partial charge in [0.1, 0.15) is 5.82 Å². The van der Waals surface area contributed by atoms with Gasteiger partial charge in [-0.05, 0) is 64.2 Å². The molecule has 0 radical (unpaired) electrons. The van der Waals surface area contributed by atoms with Crippen molar-refractivity contribution in [3.05, 3.63) is 34.1 Å². The van der Waals surface area contributed by atoms with E-state index >= 15 is 0 Å². The second-order valence-corrected chi connectivity index (χ2v) is 7.19. The van der Waals surface area contributed by atoms with Crippen LogP contribution >= 0.6 is 15.9 Å². The van der Waals surface area contributed by atoms with Crippen molar-refractivity contribution in [3.8, 4) is 0 Å². The van der Waals surface area contributed by atoms with Crippen LogP contribution in [0.2, 0.25) is 0 Å². The van der Waals surface area contributed by atoms with Gasteiger partial charge in [0.2, 0.25) is 0 Å². The zero-order chi connectivity index (χ0) is 15.5. The molecule has 0 bridgehead atoms. The molecule has 2 nitrogen and oxygen atoms in total. The highest BCUT2D eigenvalue weighted by atomic mass is 79.9. The van der Waals surface area contributed by atoms with Crippen LogP contribution in [-0.4, -0.2) is 37.6 Å². The fraction of sp³-hybridized carbons (Fsp3) is 0.647. The van der Waals surface area contributed by atoms with Crippen molar-refractivity contribution in [1.29, 1.82) is 0 Å². The van der Waals surface area contributed by atoms with Crippen molar-refractivity contribution in [2.24, 2.45) is 0 Å². The van der Waals surface area contributed by atoms with Crippen LogP contribution in [0.25, 0.3) is 0 Å². The van der Waals surface area contributed by atoms with E-state index in [0.29, 0.717) is 6.04 Å². The summed E-state index contributed by atoms with van der Waals surface area (Å²) in [5.41, 5.74) is 1.21. The lowest BCUT2D eigenvalue weighted by Gasteiger charge is -2.48. The Balaban J connectivity index is 2.26. The van der Waals surface area contributed by atoms with Gasteiger partial charge >= 0.3 is 0 Å². The topological polar surface area (TPSA) is 15.3 Å². The average Bonchev–Trinajstić information content (AvgIpc) is 2.48. The molecule has 1 aromatic carbocycles. The molecule has 0 amide bonds. The Bertz CT molecular complexity index is 470. The standard InChI is InChI=1S/C17H26BrFN2/c1-20-16(12-13-11-14(19)7-8-15(13)18)17(21(2)3)9-5-4-6-10-17/h7-8,11,16,20H,4-6,9-10,12H2,1-3H3. The lowest BCUT2D eigenvalue weighted by molar-refractivity contribution is 0.0597. The number of halogens is 2. The summed E-state index contributed by atoms with van der Waals surface area (Å²) in [4.78, 5) is 2.38. The minimum absolute atomic E-state index is 0.161. The molecule has 0 aliphatic heterocycles. The van der Waals surface area contributed by atoms with Crippen molar-refractivity contribution < 1.29 is 4.39 Å². The van der Waals surface area contributed by atoms with Crippen molar-refractivity contribution in [2.45, 2.75) is 50.1 Å². The Morgan fingerprint density at radius 1 is 1.29 bits per heavy atom. The largest absolute Gasteiger partial charge is 0.315 e. The third kappa shape index (κ3) is 3.66. The molecule has 1 aliphatic rings. The summed E-state index contributed by atoms with van der Waals surface area (Å²) in [6.07, 6.45) is 7.14. The van der Waals surface area contributed by atoms with E-state index in [0.717, 1.165) is 16.5 Å². The van der Waals surface area contributed by atoms with Crippen LogP contribution in [0.5, 0.6) is 0 Å². The van der Waals surface area contributed by atoms with E-state index in [-0.39, 0.29) is 11.4 Å². The van der Waals surface area contributed by atoms with Gasteiger partial charge in [0.15, 0.2) is 0 Å². The summed E-state index contributed by atoms with van der Waals surface area (Å²) in [6, 6.07) is 5.29. The molecule has 0 saturated heterocycles. The number of likely N-dealkylation sites (N-methyl/N-ethyl adjacent to an activating group) is 2. The van der Waals surface area contributed by atoms with E-state index < -0.39 is 0 Å². The Morgan fingerprint density at radius 2 is 1.95 bits per heavy atom. The predicted molar refractivity (Wildman–Crippen MR) is 90.2 cm³/mol. The van der Waals surface area contributed by atoms with E-state index in [1.54, 1.807) is 12.1 Å². The van der Waals surface area contributed by atoms with Gasteiger partial charge in [0, 0.05) is 16.1 Å². The number of hydrogen-bond donors (Lipinski definition) is 1. The average molecular weight is 357 g/mol. The predicted octanol–water partition coefficient (Wildman–Crippen LogP) is 3.98. The Hall–Kier alpha value is -0.450. The first-order valence-corrected chi connectivity index (χ1v) is 8.57. The van der Waals surface area contributed by atoms with Gasteiger partial charge in [-0.2, -0.15) is 0 Å². The third-order valence-electron chi connectivity index (χ3n) is 5.04. The maximum absolute atomic E-state index is 13.5. The van der Waals surface area contributed by atoms with Crippen LogP contribution in [0, 0.1) is 5.82 Å². The SMILES string of the molecule is CNC(Cc1cc(F)ccc1Br)C1(N(C)C)CCCCC1. The molecule has 0 heterocycles. The molecule has 0 spiro atoms. The highest BCUT2D eigenvalue weighted by Gasteiger charge is 2.41. The first kappa shape index (κ1) is 16.9. The lowest BCUT2D eigenvalue weighted by atomic mass is 9.73. The fourth-order valence-corrected chi connectivity index (χ4v) is 4.16. The zero-order valence-electron chi connectivity index (χ0n) is 13.3. The maximum atomic E-state index is 13.5. The number of rotatable bonds is 5. The minimum atomic E-state index is -0.161. The summed E-state index contributed by atoms with van der Waals surface area (Å²) in [7, 11) is 6.38. The van der Waals surface area contributed by atoms with Gasteiger partial charge in [-0.15, -0.1) is 0 Å². The highest BCUT2D eigenvalue weighted by Crippen LogP contribution is 2.37. The molecule has 1 N–H and O–H groups in total. The second kappa shape index (κ2) is 7.21. The number of hydrogen-bond acceptors (Lipinski definition) is 2. The molecule has 21 heavy (non-hydrogen) atoms. The first-order chi connectivity index (χ1) is 9.99. The van der Waals surface area contributed by atoms with Crippen LogP contribution in [0.3, 0.4) is 0 Å².